The van der Waals surface area contributed by atoms with Crippen LogP contribution in [0.1, 0.15) is 43.9 Å². The van der Waals surface area contributed by atoms with Crippen molar-refractivity contribution in [1.82, 2.24) is 10.2 Å². The van der Waals surface area contributed by atoms with E-state index in [1.54, 1.807) is 0 Å². The third-order valence-corrected chi connectivity index (χ3v) is 3.46. The SMILES string of the molecule is CCCNC(CCN(C)CC)c1ccc(C)cc1. The molecule has 0 saturated heterocycles. The molecular weight excluding hydrogens is 220 g/mol. The van der Waals surface area contributed by atoms with Crippen molar-refractivity contribution in [1.29, 1.82) is 0 Å². The maximum absolute atomic E-state index is 3.66. The van der Waals surface area contributed by atoms with Gasteiger partial charge in [0.2, 0.25) is 0 Å². The van der Waals surface area contributed by atoms with E-state index in [0.29, 0.717) is 6.04 Å². The average molecular weight is 248 g/mol. The standard InChI is InChI=1S/C16H28N2/c1-5-12-17-16(11-13-18(4)6-2)15-9-7-14(3)8-10-15/h7-10,16-17H,5-6,11-13H2,1-4H3. The highest BCUT2D eigenvalue weighted by Crippen LogP contribution is 2.17. The van der Waals surface area contributed by atoms with Crippen molar-refractivity contribution < 1.29 is 0 Å². The van der Waals surface area contributed by atoms with Gasteiger partial charge in [-0.2, -0.15) is 0 Å². The van der Waals surface area contributed by atoms with E-state index in [1.807, 2.05) is 0 Å². The normalized spacial score (nSPS) is 12.9. The van der Waals surface area contributed by atoms with Crippen LogP contribution < -0.4 is 5.32 Å². The molecule has 1 aromatic rings. The number of nitrogens with zero attached hydrogens (tertiary/aromatic N) is 1. The van der Waals surface area contributed by atoms with Gasteiger partial charge in [-0.05, 0) is 52.0 Å². The summed E-state index contributed by atoms with van der Waals surface area (Å²) < 4.78 is 0. The van der Waals surface area contributed by atoms with Gasteiger partial charge in [-0.1, -0.05) is 43.7 Å². The fourth-order valence-corrected chi connectivity index (χ4v) is 2.01. The molecule has 18 heavy (non-hydrogen) atoms. The first-order valence-electron chi connectivity index (χ1n) is 7.15. The molecule has 0 aromatic heterocycles. The molecule has 0 aliphatic carbocycles. The molecule has 0 heterocycles. The van der Waals surface area contributed by atoms with E-state index in [-0.39, 0.29) is 0 Å². The molecule has 0 aliphatic rings. The van der Waals surface area contributed by atoms with E-state index in [9.17, 15) is 0 Å². The highest BCUT2D eigenvalue weighted by Gasteiger charge is 2.10. The lowest BCUT2D eigenvalue weighted by Gasteiger charge is -2.22. The Balaban J connectivity index is 2.62. The lowest BCUT2D eigenvalue weighted by atomic mass is 10.0. The van der Waals surface area contributed by atoms with Crippen molar-refractivity contribution >= 4 is 0 Å². The smallest absolute Gasteiger partial charge is 0.0332 e. The Morgan fingerprint density at radius 2 is 1.83 bits per heavy atom. The maximum Gasteiger partial charge on any atom is 0.0332 e. The van der Waals surface area contributed by atoms with Crippen LogP contribution in [-0.4, -0.2) is 31.6 Å². The minimum Gasteiger partial charge on any atom is -0.310 e. The van der Waals surface area contributed by atoms with Gasteiger partial charge in [-0.3, -0.25) is 0 Å². The van der Waals surface area contributed by atoms with Crippen molar-refractivity contribution in [3.63, 3.8) is 0 Å². The van der Waals surface area contributed by atoms with Crippen molar-refractivity contribution in [3.8, 4) is 0 Å². The molecule has 0 spiro atoms. The Bertz CT molecular complexity index is 318. The third kappa shape index (κ3) is 5.19. The Hall–Kier alpha value is -0.860. The second kappa shape index (κ2) is 8.28. The fourth-order valence-electron chi connectivity index (χ4n) is 2.01. The number of hydrogen-bond donors (Lipinski definition) is 1. The largest absolute Gasteiger partial charge is 0.310 e. The zero-order chi connectivity index (χ0) is 13.4. The molecule has 2 nitrogen and oxygen atoms in total. The molecular formula is C16H28N2. The summed E-state index contributed by atoms with van der Waals surface area (Å²) in [6, 6.07) is 9.42. The van der Waals surface area contributed by atoms with E-state index in [2.05, 4.69) is 62.3 Å². The van der Waals surface area contributed by atoms with Gasteiger partial charge in [0.15, 0.2) is 0 Å². The quantitative estimate of drug-likeness (QED) is 0.759. The van der Waals surface area contributed by atoms with E-state index in [1.165, 1.54) is 24.0 Å². The molecule has 0 bridgehead atoms. The van der Waals surface area contributed by atoms with E-state index >= 15 is 0 Å². The molecule has 1 rings (SSSR count). The molecule has 102 valence electrons. The lowest BCUT2D eigenvalue weighted by molar-refractivity contribution is 0.321. The fraction of sp³-hybridized carbons (Fsp3) is 0.625. The molecule has 0 fully saturated rings. The van der Waals surface area contributed by atoms with Crippen LogP contribution in [0.5, 0.6) is 0 Å². The number of nitrogens with one attached hydrogen (secondary N) is 1. The van der Waals surface area contributed by atoms with Gasteiger partial charge in [0.05, 0.1) is 0 Å². The van der Waals surface area contributed by atoms with Gasteiger partial charge in [0.25, 0.3) is 0 Å². The first kappa shape index (κ1) is 15.2. The van der Waals surface area contributed by atoms with E-state index < -0.39 is 0 Å². The Kier molecular flexibility index (Phi) is 6.99. The molecule has 0 amide bonds. The molecule has 1 aromatic carbocycles. The summed E-state index contributed by atoms with van der Waals surface area (Å²) in [6.45, 7) is 9.93. The van der Waals surface area contributed by atoms with Gasteiger partial charge in [0.1, 0.15) is 0 Å². The summed E-state index contributed by atoms with van der Waals surface area (Å²) >= 11 is 0. The van der Waals surface area contributed by atoms with Gasteiger partial charge < -0.3 is 10.2 Å². The topological polar surface area (TPSA) is 15.3 Å². The average Bonchev–Trinajstić information content (AvgIpc) is 2.40. The molecule has 0 aliphatic heterocycles. The zero-order valence-corrected chi connectivity index (χ0v) is 12.4. The highest BCUT2D eigenvalue weighted by molar-refractivity contribution is 5.24. The van der Waals surface area contributed by atoms with Gasteiger partial charge in [-0.15, -0.1) is 0 Å². The van der Waals surface area contributed by atoms with Crippen LogP contribution in [0.2, 0.25) is 0 Å². The summed E-state index contributed by atoms with van der Waals surface area (Å²) in [5.74, 6) is 0. The molecule has 2 heteroatoms. The van der Waals surface area contributed by atoms with Crippen LogP contribution in [-0.2, 0) is 0 Å². The van der Waals surface area contributed by atoms with Crippen molar-refractivity contribution in [2.75, 3.05) is 26.7 Å². The molecule has 1 unspecified atom stereocenters. The first-order chi connectivity index (χ1) is 8.67. The summed E-state index contributed by atoms with van der Waals surface area (Å²) in [7, 11) is 2.19. The second-order valence-electron chi connectivity index (χ2n) is 5.10. The van der Waals surface area contributed by atoms with Gasteiger partial charge >= 0.3 is 0 Å². The van der Waals surface area contributed by atoms with E-state index in [4.69, 9.17) is 0 Å². The van der Waals surface area contributed by atoms with Crippen LogP contribution in [0, 0.1) is 6.92 Å². The summed E-state index contributed by atoms with van der Waals surface area (Å²) in [6.07, 6.45) is 2.36. The first-order valence-corrected chi connectivity index (χ1v) is 7.15. The van der Waals surface area contributed by atoms with Crippen molar-refractivity contribution in [2.24, 2.45) is 0 Å². The van der Waals surface area contributed by atoms with Crippen molar-refractivity contribution in [2.45, 2.75) is 39.7 Å². The third-order valence-electron chi connectivity index (χ3n) is 3.46. The number of benzene rings is 1. The van der Waals surface area contributed by atoms with E-state index in [0.717, 1.165) is 19.6 Å². The predicted molar refractivity (Wildman–Crippen MR) is 80.0 cm³/mol. The minimum absolute atomic E-state index is 0.486. The lowest BCUT2D eigenvalue weighted by Crippen LogP contribution is -2.27. The summed E-state index contributed by atoms with van der Waals surface area (Å²) in [5.41, 5.74) is 2.75. The van der Waals surface area contributed by atoms with Gasteiger partial charge in [-0.25, -0.2) is 0 Å². The second-order valence-corrected chi connectivity index (χ2v) is 5.10. The number of hydrogen-bond acceptors (Lipinski definition) is 2. The Morgan fingerprint density at radius 3 is 2.39 bits per heavy atom. The Labute approximate surface area is 112 Å². The minimum atomic E-state index is 0.486. The van der Waals surface area contributed by atoms with Crippen LogP contribution in [0.25, 0.3) is 0 Å². The number of rotatable bonds is 8. The molecule has 0 saturated carbocycles. The van der Waals surface area contributed by atoms with Crippen LogP contribution in [0.4, 0.5) is 0 Å². The Morgan fingerprint density at radius 1 is 1.17 bits per heavy atom. The van der Waals surface area contributed by atoms with Crippen molar-refractivity contribution in [3.05, 3.63) is 35.4 Å². The monoisotopic (exact) mass is 248 g/mol. The summed E-state index contributed by atoms with van der Waals surface area (Å²) in [4.78, 5) is 2.37. The molecule has 1 N–H and O–H groups in total. The van der Waals surface area contributed by atoms with Crippen LogP contribution in [0.3, 0.4) is 0 Å². The predicted octanol–water partition coefficient (Wildman–Crippen LogP) is 3.38. The van der Waals surface area contributed by atoms with Crippen LogP contribution in [0.15, 0.2) is 24.3 Å². The van der Waals surface area contributed by atoms with Gasteiger partial charge in [0, 0.05) is 6.04 Å². The maximum atomic E-state index is 3.66. The van der Waals surface area contributed by atoms with Crippen LogP contribution >= 0.6 is 0 Å². The number of aryl methyl sites for hydroxylation is 1. The zero-order valence-electron chi connectivity index (χ0n) is 12.4. The summed E-state index contributed by atoms with van der Waals surface area (Å²) in [5, 5.41) is 3.66. The highest BCUT2D eigenvalue weighted by atomic mass is 15.1. The molecule has 0 radical (unpaired) electrons. The molecule has 1 atom stereocenters.